The van der Waals surface area contributed by atoms with E-state index in [-0.39, 0.29) is 10.8 Å². The van der Waals surface area contributed by atoms with Crippen LogP contribution >= 0.6 is 0 Å². The van der Waals surface area contributed by atoms with Gasteiger partial charge in [-0.1, -0.05) is 59.7 Å². The van der Waals surface area contributed by atoms with Gasteiger partial charge in [-0.05, 0) is 40.2 Å². The third-order valence-corrected chi connectivity index (χ3v) is 4.50. The molecule has 116 valence electrons. The van der Waals surface area contributed by atoms with Crippen molar-refractivity contribution in [3.05, 3.63) is 47.5 Å². The lowest BCUT2D eigenvalue weighted by molar-refractivity contribution is 0.591. The van der Waals surface area contributed by atoms with Crippen molar-refractivity contribution < 1.29 is 0 Å². The van der Waals surface area contributed by atoms with Crippen molar-refractivity contribution in [3.8, 4) is 0 Å². The Bertz CT molecular complexity index is 855. The number of nitrogens with zero attached hydrogens (tertiary/aromatic N) is 1. The Morgan fingerprint density at radius 1 is 0.818 bits per heavy atom. The summed E-state index contributed by atoms with van der Waals surface area (Å²) in [4.78, 5) is 0. The van der Waals surface area contributed by atoms with E-state index in [0.717, 1.165) is 11.0 Å². The Kier molecular flexibility index (Phi) is 3.07. The van der Waals surface area contributed by atoms with Gasteiger partial charge in [0.25, 0.3) is 0 Å². The molecule has 0 saturated heterocycles. The van der Waals surface area contributed by atoms with Crippen LogP contribution in [-0.4, -0.2) is 4.68 Å². The average molecular weight is 294 g/mol. The summed E-state index contributed by atoms with van der Waals surface area (Å²) in [5, 5.41) is 2.55. The zero-order valence-corrected chi connectivity index (χ0v) is 14.5. The first-order valence-corrected chi connectivity index (χ1v) is 7.94. The lowest BCUT2D eigenvalue weighted by atomic mass is 9.83. The van der Waals surface area contributed by atoms with Gasteiger partial charge in [-0.2, -0.15) is 0 Å². The molecular weight excluding hydrogens is 268 g/mol. The van der Waals surface area contributed by atoms with Crippen molar-refractivity contribution in [2.45, 2.75) is 52.4 Å². The molecule has 22 heavy (non-hydrogen) atoms. The predicted molar refractivity (Wildman–Crippen MR) is 97.0 cm³/mol. The predicted octanol–water partition coefficient (Wildman–Crippen LogP) is 5.10. The standard InChI is InChI=1S/C20H26N2/c1-19(2,3)13-10-11-16-14(12-13)18-15(20(4,5)6)8-7-9-17(18)22(16)21/h7-12H,21H2,1-6H3. The van der Waals surface area contributed by atoms with E-state index < -0.39 is 0 Å². The second kappa shape index (κ2) is 4.52. The van der Waals surface area contributed by atoms with E-state index in [2.05, 4.69) is 77.9 Å². The SMILES string of the molecule is CC(C)(C)c1ccc2c(c1)c1c(C(C)(C)C)cccc1n2N. The topological polar surface area (TPSA) is 30.9 Å². The first-order chi connectivity index (χ1) is 10.1. The third-order valence-electron chi connectivity index (χ3n) is 4.50. The van der Waals surface area contributed by atoms with E-state index in [1.54, 1.807) is 0 Å². The Morgan fingerprint density at radius 3 is 2.09 bits per heavy atom. The lowest BCUT2D eigenvalue weighted by Crippen LogP contribution is -2.12. The van der Waals surface area contributed by atoms with E-state index in [4.69, 9.17) is 5.84 Å². The van der Waals surface area contributed by atoms with Crippen molar-refractivity contribution in [3.63, 3.8) is 0 Å². The minimum atomic E-state index is 0.0888. The number of aromatic nitrogens is 1. The number of hydrogen-bond acceptors (Lipinski definition) is 1. The first kappa shape index (κ1) is 15.0. The molecule has 0 fully saturated rings. The molecule has 0 aliphatic rings. The summed E-state index contributed by atoms with van der Waals surface area (Å²) in [5.74, 6) is 6.36. The number of nitrogens with two attached hydrogens (primary N) is 1. The second-order valence-electron chi connectivity index (χ2n) is 8.30. The van der Waals surface area contributed by atoms with Crippen molar-refractivity contribution in [1.29, 1.82) is 0 Å². The van der Waals surface area contributed by atoms with E-state index in [9.17, 15) is 0 Å². The normalized spacial score (nSPS) is 13.2. The summed E-state index contributed by atoms with van der Waals surface area (Å²) >= 11 is 0. The summed E-state index contributed by atoms with van der Waals surface area (Å²) < 4.78 is 1.83. The monoisotopic (exact) mass is 294 g/mol. The summed E-state index contributed by atoms with van der Waals surface area (Å²) in [6, 6.07) is 13.1. The summed E-state index contributed by atoms with van der Waals surface area (Å²) in [6.45, 7) is 13.5. The van der Waals surface area contributed by atoms with Gasteiger partial charge in [-0.15, -0.1) is 0 Å². The van der Waals surface area contributed by atoms with Crippen molar-refractivity contribution in [2.24, 2.45) is 0 Å². The Balaban J connectivity index is 2.49. The van der Waals surface area contributed by atoms with Gasteiger partial charge < -0.3 is 5.84 Å². The molecule has 0 saturated carbocycles. The Labute approximate surface area is 132 Å². The smallest absolute Gasteiger partial charge is 0.0706 e. The highest BCUT2D eigenvalue weighted by atomic mass is 15.3. The molecule has 0 radical (unpaired) electrons. The van der Waals surface area contributed by atoms with Crippen LogP contribution in [0.5, 0.6) is 0 Å². The Hall–Kier alpha value is -1.96. The molecule has 2 heteroatoms. The van der Waals surface area contributed by atoms with E-state index in [0.29, 0.717) is 0 Å². The van der Waals surface area contributed by atoms with Crippen LogP contribution < -0.4 is 5.84 Å². The van der Waals surface area contributed by atoms with Crippen LogP contribution in [0.25, 0.3) is 21.8 Å². The van der Waals surface area contributed by atoms with Crippen molar-refractivity contribution >= 4 is 21.8 Å². The fraction of sp³-hybridized carbons (Fsp3) is 0.400. The van der Waals surface area contributed by atoms with Crippen LogP contribution in [0.1, 0.15) is 52.7 Å². The molecule has 0 amide bonds. The summed E-state index contributed by atoms with van der Waals surface area (Å²) in [6.07, 6.45) is 0. The maximum Gasteiger partial charge on any atom is 0.0706 e. The quantitative estimate of drug-likeness (QED) is 0.574. The van der Waals surface area contributed by atoms with Crippen LogP contribution in [0.3, 0.4) is 0 Å². The summed E-state index contributed by atoms with van der Waals surface area (Å²) in [5.41, 5.74) is 5.12. The molecule has 0 aliphatic carbocycles. The molecule has 2 aromatic carbocycles. The second-order valence-corrected chi connectivity index (χ2v) is 8.30. The van der Waals surface area contributed by atoms with Crippen LogP contribution in [0.4, 0.5) is 0 Å². The van der Waals surface area contributed by atoms with Gasteiger partial charge in [0.1, 0.15) is 0 Å². The fourth-order valence-electron chi connectivity index (χ4n) is 3.19. The van der Waals surface area contributed by atoms with Gasteiger partial charge >= 0.3 is 0 Å². The lowest BCUT2D eigenvalue weighted by Gasteiger charge is -2.21. The summed E-state index contributed by atoms with van der Waals surface area (Å²) in [7, 11) is 0. The Morgan fingerprint density at radius 2 is 1.50 bits per heavy atom. The molecule has 0 unspecified atom stereocenters. The van der Waals surface area contributed by atoms with Crippen LogP contribution in [0.15, 0.2) is 36.4 Å². The molecule has 1 heterocycles. The van der Waals surface area contributed by atoms with E-state index in [1.807, 2.05) is 4.68 Å². The number of fused-ring (bicyclic) bond motifs is 3. The molecule has 0 spiro atoms. The van der Waals surface area contributed by atoms with Gasteiger partial charge in [0, 0.05) is 10.8 Å². The highest BCUT2D eigenvalue weighted by Gasteiger charge is 2.22. The highest BCUT2D eigenvalue weighted by molar-refractivity contribution is 6.10. The van der Waals surface area contributed by atoms with Gasteiger partial charge in [-0.25, -0.2) is 0 Å². The molecule has 0 aliphatic heterocycles. The van der Waals surface area contributed by atoms with E-state index in [1.165, 1.54) is 21.9 Å². The molecule has 1 aromatic heterocycles. The minimum absolute atomic E-state index is 0.0888. The van der Waals surface area contributed by atoms with Gasteiger partial charge in [0.05, 0.1) is 11.0 Å². The first-order valence-electron chi connectivity index (χ1n) is 7.94. The molecular formula is C20H26N2. The maximum atomic E-state index is 6.36. The van der Waals surface area contributed by atoms with Crippen LogP contribution in [0, 0.1) is 0 Å². The number of rotatable bonds is 0. The third kappa shape index (κ3) is 2.18. The largest absolute Gasteiger partial charge is 0.339 e. The maximum absolute atomic E-state index is 6.36. The molecule has 0 atom stereocenters. The fourth-order valence-corrected chi connectivity index (χ4v) is 3.19. The van der Waals surface area contributed by atoms with Crippen LogP contribution in [-0.2, 0) is 10.8 Å². The number of benzene rings is 2. The molecule has 3 rings (SSSR count). The number of hydrogen-bond donors (Lipinski definition) is 1. The number of nitrogen functional groups attached to an aromatic ring is 1. The highest BCUT2D eigenvalue weighted by Crippen LogP contribution is 2.37. The molecule has 3 aromatic rings. The van der Waals surface area contributed by atoms with E-state index >= 15 is 0 Å². The molecule has 0 bridgehead atoms. The van der Waals surface area contributed by atoms with Crippen LogP contribution in [0.2, 0.25) is 0 Å². The zero-order chi connectivity index (χ0) is 16.3. The van der Waals surface area contributed by atoms with Gasteiger partial charge in [-0.3, -0.25) is 4.68 Å². The minimum Gasteiger partial charge on any atom is -0.339 e. The van der Waals surface area contributed by atoms with Crippen molar-refractivity contribution in [1.82, 2.24) is 4.68 Å². The average Bonchev–Trinajstić information content (AvgIpc) is 2.70. The van der Waals surface area contributed by atoms with Gasteiger partial charge in [0.2, 0.25) is 0 Å². The molecule has 2 nitrogen and oxygen atoms in total. The molecule has 2 N–H and O–H groups in total. The van der Waals surface area contributed by atoms with Gasteiger partial charge in [0.15, 0.2) is 0 Å². The van der Waals surface area contributed by atoms with Crippen molar-refractivity contribution in [2.75, 3.05) is 5.84 Å². The zero-order valence-electron chi connectivity index (χ0n) is 14.5.